The number of benzene rings is 2. The number of methoxy groups -OCH3 is 1. The normalized spacial score (nSPS) is 16.5. The topological polar surface area (TPSA) is 67.6 Å². The molecule has 1 aromatic heterocycles. The summed E-state index contributed by atoms with van der Waals surface area (Å²) < 4.78 is 21.0. The number of halogens is 1. The lowest BCUT2D eigenvalue weighted by Gasteiger charge is -2.38. The van der Waals surface area contributed by atoms with Gasteiger partial charge in [-0.3, -0.25) is 14.3 Å². The standard InChI is InChI=1S/C24H28FN3O3/c1-3-22-26-21-7-5-4-6-19(21)23(29)28(22)16-24(30)10-12-27(13-11-24)15-17-8-9-18(31-2)14-20(17)25/h4-9,14,30H,3,10-13,15-16H2,1-2H3. The van der Waals surface area contributed by atoms with Crippen LogP contribution in [-0.4, -0.2) is 45.4 Å². The van der Waals surface area contributed by atoms with Gasteiger partial charge < -0.3 is 9.84 Å². The van der Waals surface area contributed by atoms with Gasteiger partial charge in [0.1, 0.15) is 17.4 Å². The van der Waals surface area contributed by atoms with Crippen LogP contribution in [0.3, 0.4) is 0 Å². The zero-order valence-electron chi connectivity index (χ0n) is 18.0. The molecule has 6 nitrogen and oxygen atoms in total. The van der Waals surface area contributed by atoms with E-state index in [0.717, 1.165) is 0 Å². The van der Waals surface area contributed by atoms with Crippen molar-refractivity contribution in [1.29, 1.82) is 0 Å². The molecule has 0 unspecified atom stereocenters. The summed E-state index contributed by atoms with van der Waals surface area (Å²) in [6.07, 6.45) is 1.62. The second-order valence-corrected chi connectivity index (χ2v) is 8.25. The second kappa shape index (κ2) is 8.77. The van der Waals surface area contributed by atoms with Crippen molar-refractivity contribution in [1.82, 2.24) is 14.5 Å². The van der Waals surface area contributed by atoms with Gasteiger partial charge in [0.05, 0.1) is 30.2 Å². The minimum atomic E-state index is -0.993. The SMILES string of the molecule is CCc1nc2ccccc2c(=O)n1CC1(O)CCN(Cc2ccc(OC)cc2F)CC1. The van der Waals surface area contributed by atoms with Crippen LogP contribution in [0.2, 0.25) is 0 Å². The first kappa shape index (κ1) is 21.5. The maximum atomic E-state index is 14.3. The molecular weight excluding hydrogens is 397 g/mol. The molecule has 1 fully saturated rings. The predicted molar refractivity (Wildman–Crippen MR) is 118 cm³/mol. The van der Waals surface area contributed by atoms with Gasteiger partial charge in [-0.2, -0.15) is 0 Å². The summed E-state index contributed by atoms with van der Waals surface area (Å²) in [5.74, 6) is 0.886. The Balaban J connectivity index is 1.48. The summed E-state index contributed by atoms with van der Waals surface area (Å²) in [4.78, 5) is 19.8. The van der Waals surface area contributed by atoms with Gasteiger partial charge in [0, 0.05) is 37.7 Å². The van der Waals surface area contributed by atoms with Gasteiger partial charge in [-0.25, -0.2) is 9.37 Å². The molecule has 3 aromatic rings. The van der Waals surface area contributed by atoms with Crippen LogP contribution in [0.25, 0.3) is 10.9 Å². The van der Waals surface area contributed by atoms with E-state index in [9.17, 15) is 14.3 Å². The molecule has 7 heteroatoms. The number of hydrogen-bond acceptors (Lipinski definition) is 5. The molecule has 0 atom stereocenters. The predicted octanol–water partition coefficient (Wildman–Crippen LogP) is 3.13. The van der Waals surface area contributed by atoms with Crippen LogP contribution in [0.5, 0.6) is 5.75 Å². The van der Waals surface area contributed by atoms with Gasteiger partial charge in [0.2, 0.25) is 0 Å². The van der Waals surface area contributed by atoms with E-state index < -0.39 is 5.60 Å². The molecule has 0 radical (unpaired) electrons. The number of nitrogens with zero attached hydrogens (tertiary/aromatic N) is 3. The Bertz CT molecular complexity index is 1140. The molecule has 2 heterocycles. The zero-order chi connectivity index (χ0) is 22.0. The number of fused-ring (bicyclic) bond motifs is 1. The van der Waals surface area contributed by atoms with Crippen LogP contribution < -0.4 is 10.3 Å². The van der Waals surface area contributed by atoms with Crippen LogP contribution in [-0.2, 0) is 19.5 Å². The lowest BCUT2D eigenvalue weighted by atomic mass is 9.90. The van der Waals surface area contributed by atoms with Gasteiger partial charge in [-0.15, -0.1) is 0 Å². The molecule has 1 N–H and O–H groups in total. The Morgan fingerprint density at radius 2 is 1.94 bits per heavy atom. The summed E-state index contributed by atoms with van der Waals surface area (Å²) in [5, 5.41) is 11.8. The fourth-order valence-corrected chi connectivity index (χ4v) is 4.25. The number of para-hydroxylation sites is 1. The quantitative estimate of drug-likeness (QED) is 0.657. The van der Waals surface area contributed by atoms with E-state index in [-0.39, 0.29) is 17.9 Å². The Morgan fingerprint density at radius 1 is 1.19 bits per heavy atom. The van der Waals surface area contributed by atoms with Gasteiger partial charge in [0.25, 0.3) is 5.56 Å². The number of ether oxygens (including phenoxy) is 1. The summed E-state index contributed by atoms with van der Waals surface area (Å²) in [5.41, 5.74) is 0.185. The molecule has 0 bridgehead atoms. The average molecular weight is 426 g/mol. The van der Waals surface area contributed by atoms with E-state index in [4.69, 9.17) is 4.74 Å². The zero-order valence-corrected chi connectivity index (χ0v) is 18.0. The highest BCUT2D eigenvalue weighted by Crippen LogP contribution is 2.27. The van der Waals surface area contributed by atoms with Crippen molar-refractivity contribution in [3.05, 3.63) is 70.0 Å². The lowest BCUT2D eigenvalue weighted by molar-refractivity contribution is -0.0371. The largest absolute Gasteiger partial charge is 0.497 e. The monoisotopic (exact) mass is 425 g/mol. The summed E-state index contributed by atoms with van der Waals surface area (Å²) in [7, 11) is 1.51. The smallest absolute Gasteiger partial charge is 0.261 e. The van der Waals surface area contributed by atoms with E-state index >= 15 is 0 Å². The first-order valence-electron chi connectivity index (χ1n) is 10.7. The van der Waals surface area contributed by atoms with Gasteiger partial charge in [0.15, 0.2) is 0 Å². The molecular formula is C24H28FN3O3. The van der Waals surface area contributed by atoms with E-state index in [1.165, 1.54) is 13.2 Å². The van der Waals surface area contributed by atoms with Crippen LogP contribution >= 0.6 is 0 Å². The Hall–Kier alpha value is -2.77. The fraction of sp³-hybridized carbons (Fsp3) is 0.417. The molecule has 1 saturated heterocycles. The summed E-state index contributed by atoms with van der Waals surface area (Å²) in [6.45, 7) is 3.91. The Morgan fingerprint density at radius 3 is 2.61 bits per heavy atom. The van der Waals surface area contributed by atoms with E-state index in [0.29, 0.717) is 66.9 Å². The van der Waals surface area contributed by atoms with E-state index in [1.54, 1.807) is 22.8 Å². The molecule has 0 saturated carbocycles. The summed E-state index contributed by atoms with van der Waals surface area (Å²) in [6, 6.07) is 12.2. The van der Waals surface area contributed by atoms with Crippen molar-refractivity contribution in [3.63, 3.8) is 0 Å². The Labute approximate surface area is 180 Å². The third kappa shape index (κ3) is 4.48. The molecule has 0 spiro atoms. The molecule has 4 rings (SSSR count). The van der Waals surface area contributed by atoms with Crippen molar-refractivity contribution in [2.45, 2.75) is 44.9 Å². The van der Waals surface area contributed by atoms with Crippen LogP contribution in [0, 0.1) is 5.82 Å². The maximum Gasteiger partial charge on any atom is 0.261 e. The highest BCUT2D eigenvalue weighted by atomic mass is 19.1. The summed E-state index contributed by atoms with van der Waals surface area (Å²) >= 11 is 0. The molecule has 1 aliphatic heterocycles. The van der Waals surface area contributed by atoms with Gasteiger partial charge >= 0.3 is 0 Å². The third-order valence-corrected chi connectivity index (χ3v) is 6.15. The first-order chi connectivity index (χ1) is 14.9. The number of rotatable bonds is 6. The van der Waals surface area contributed by atoms with Crippen molar-refractivity contribution >= 4 is 10.9 Å². The van der Waals surface area contributed by atoms with Crippen molar-refractivity contribution in [2.75, 3.05) is 20.2 Å². The highest BCUT2D eigenvalue weighted by molar-refractivity contribution is 5.77. The van der Waals surface area contributed by atoms with Crippen molar-refractivity contribution < 1.29 is 14.2 Å². The number of piperidine rings is 1. The number of aryl methyl sites for hydroxylation is 1. The Kier molecular flexibility index (Phi) is 6.07. The second-order valence-electron chi connectivity index (χ2n) is 8.25. The molecule has 31 heavy (non-hydrogen) atoms. The lowest BCUT2D eigenvalue weighted by Crippen LogP contribution is -2.48. The number of aliphatic hydroxyl groups is 1. The first-order valence-corrected chi connectivity index (χ1v) is 10.7. The number of aromatic nitrogens is 2. The fourth-order valence-electron chi connectivity index (χ4n) is 4.25. The highest BCUT2D eigenvalue weighted by Gasteiger charge is 2.34. The molecule has 1 aliphatic rings. The molecule has 0 amide bonds. The van der Waals surface area contributed by atoms with Gasteiger partial charge in [-0.1, -0.05) is 25.1 Å². The molecule has 164 valence electrons. The number of hydrogen-bond donors (Lipinski definition) is 1. The van der Waals surface area contributed by atoms with Crippen molar-refractivity contribution in [3.8, 4) is 5.75 Å². The minimum Gasteiger partial charge on any atom is -0.497 e. The van der Waals surface area contributed by atoms with Crippen molar-refractivity contribution in [2.24, 2.45) is 0 Å². The average Bonchev–Trinajstić information content (AvgIpc) is 2.78. The van der Waals surface area contributed by atoms with Gasteiger partial charge in [-0.05, 0) is 31.0 Å². The van der Waals surface area contributed by atoms with Crippen LogP contribution in [0.1, 0.15) is 31.2 Å². The third-order valence-electron chi connectivity index (χ3n) is 6.15. The van der Waals surface area contributed by atoms with E-state index in [2.05, 4.69) is 9.88 Å². The van der Waals surface area contributed by atoms with Crippen LogP contribution in [0.4, 0.5) is 4.39 Å². The number of likely N-dealkylation sites (tertiary alicyclic amines) is 1. The van der Waals surface area contributed by atoms with E-state index in [1.807, 2.05) is 25.1 Å². The minimum absolute atomic E-state index is 0.112. The maximum absolute atomic E-state index is 14.3. The molecule has 2 aromatic carbocycles. The van der Waals surface area contributed by atoms with Crippen LogP contribution in [0.15, 0.2) is 47.3 Å². The molecule has 0 aliphatic carbocycles.